The molecule has 0 saturated heterocycles. The van der Waals surface area contributed by atoms with Crippen LogP contribution in [0.4, 0.5) is 20.2 Å². The predicted molar refractivity (Wildman–Crippen MR) is 125 cm³/mol. The maximum Gasteiger partial charge on any atom is 0.261 e. The highest BCUT2D eigenvalue weighted by Gasteiger charge is 2.14. The lowest BCUT2D eigenvalue weighted by atomic mass is 10.1. The quantitative estimate of drug-likeness (QED) is 0.437. The van der Waals surface area contributed by atoms with Gasteiger partial charge < -0.3 is 10.2 Å². The zero-order chi connectivity index (χ0) is 23.8. The molecule has 0 spiro atoms. The molecule has 0 unspecified atom stereocenters. The molecule has 0 bridgehead atoms. The molecule has 6 nitrogen and oxygen atoms in total. The van der Waals surface area contributed by atoms with Crippen molar-refractivity contribution in [1.82, 2.24) is 5.32 Å². The van der Waals surface area contributed by atoms with Crippen LogP contribution in [-0.4, -0.2) is 34.5 Å². The lowest BCUT2D eigenvalue weighted by molar-refractivity contribution is -0.120. The Morgan fingerprint density at radius 1 is 0.939 bits per heavy atom. The normalized spacial score (nSPS) is 11.1. The summed E-state index contributed by atoms with van der Waals surface area (Å²) in [6.07, 6.45) is 0.800. The van der Waals surface area contributed by atoms with Gasteiger partial charge in [0.2, 0.25) is 5.91 Å². The smallest absolute Gasteiger partial charge is 0.261 e. The molecule has 0 radical (unpaired) electrons. The lowest BCUT2D eigenvalue weighted by Gasteiger charge is -2.19. The van der Waals surface area contributed by atoms with Gasteiger partial charge in [0.15, 0.2) is 0 Å². The van der Waals surface area contributed by atoms with Crippen molar-refractivity contribution >= 4 is 27.3 Å². The minimum atomic E-state index is -3.83. The summed E-state index contributed by atoms with van der Waals surface area (Å²) < 4.78 is 53.9. The van der Waals surface area contributed by atoms with E-state index >= 15 is 0 Å². The Balaban J connectivity index is 1.44. The number of hydrogen-bond donors (Lipinski definition) is 2. The van der Waals surface area contributed by atoms with Gasteiger partial charge in [-0.2, -0.15) is 0 Å². The number of carbonyl (C=O) groups excluding carboxylic acids is 1. The first-order valence-electron chi connectivity index (χ1n) is 10.3. The fourth-order valence-electron chi connectivity index (χ4n) is 3.19. The highest BCUT2D eigenvalue weighted by Crippen LogP contribution is 2.18. The molecule has 0 aliphatic carbocycles. The zero-order valence-corrected chi connectivity index (χ0v) is 18.9. The van der Waals surface area contributed by atoms with Gasteiger partial charge in [0.1, 0.15) is 11.6 Å². The maximum atomic E-state index is 13.8. The van der Waals surface area contributed by atoms with Gasteiger partial charge in [-0.05, 0) is 60.5 Å². The third-order valence-corrected chi connectivity index (χ3v) is 6.35. The van der Waals surface area contributed by atoms with Gasteiger partial charge in [-0.25, -0.2) is 17.2 Å². The Kier molecular flexibility index (Phi) is 8.00. The Morgan fingerprint density at radius 3 is 2.27 bits per heavy atom. The molecule has 9 heteroatoms. The Labute approximate surface area is 192 Å². The molecule has 33 heavy (non-hydrogen) atoms. The van der Waals surface area contributed by atoms with Gasteiger partial charge in [-0.15, -0.1) is 0 Å². The van der Waals surface area contributed by atoms with Crippen LogP contribution in [-0.2, 0) is 21.2 Å². The molecule has 3 aromatic carbocycles. The van der Waals surface area contributed by atoms with E-state index in [9.17, 15) is 22.0 Å². The molecule has 0 aliphatic rings. The number of para-hydroxylation sites is 1. The molecule has 0 aromatic heterocycles. The number of carbonyl (C=O) groups is 1. The molecule has 0 aliphatic heterocycles. The van der Waals surface area contributed by atoms with Crippen LogP contribution < -0.4 is 14.9 Å². The summed E-state index contributed by atoms with van der Waals surface area (Å²) in [4.78, 5) is 13.9. The van der Waals surface area contributed by atoms with E-state index in [-0.39, 0.29) is 23.0 Å². The first-order valence-corrected chi connectivity index (χ1v) is 11.8. The van der Waals surface area contributed by atoms with Crippen LogP contribution in [0.2, 0.25) is 0 Å². The molecule has 3 rings (SSSR count). The molecule has 0 fully saturated rings. The van der Waals surface area contributed by atoms with E-state index in [1.54, 1.807) is 54.4 Å². The van der Waals surface area contributed by atoms with E-state index in [4.69, 9.17) is 0 Å². The van der Waals surface area contributed by atoms with Crippen LogP contribution in [0.5, 0.6) is 0 Å². The first kappa shape index (κ1) is 24.2. The average molecular weight is 474 g/mol. The molecule has 0 heterocycles. The predicted octanol–water partition coefficient (Wildman–Crippen LogP) is 3.95. The van der Waals surface area contributed by atoms with E-state index in [0.717, 1.165) is 17.7 Å². The molecule has 174 valence electrons. The van der Waals surface area contributed by atoms with Crippen molar-refractivity contribution in [3.63, 3.8) is 0 Å². The van der Waals surface area contributed by atoms with Gasteiger partial charge in [-0.3, -0.25) is 9.52 Å². The van der Waals surface area contributed by atoms with Crippen LogP contribution >= 0.6 is 0 Å². The van der Waals surface area contributed by atoms with Crippen LogP contribution in [0.1, 0.15) is 12.0 Å². The van der Waals surface area contributed by atoms with E-state index < -0.39 is 15.8 Å². The minimum absolute atomic E-state index is 0.0481. The number of benzene rings is 3. The number of rotatable bonds is 10. The standard InChI is InChI=1S/C24H25F2N3O3S/c1-29(23-6-3-2-5-22(23)26)16-4-15-27-24(30)17-18-7-11-20(12-8-18)28-33(31,32)21-13-9-19(25)10-14-21/h2-3,5-14,28H,4,15-17H2,1H3,(H,27,30). The van der Waals surface area contributed by atoms with Crippen molar-refractivity contribution in [3.8, 4) is 0 Å². The van der Waals surface area contributed by atoms with E-state index in [1.165, 1.54) is 18.2 Å². The second-order valence-corrected chi connectivity index (χ2v) is 9.19. The largest absolute Gasteiger partial charge is 0.372 e. The molecule has 2 N–H and O–H groups in total. The molecular weight excluding hydrogens is 448 g/mol. The molecule has 3 aromatic rings. The van der Waals surface area contributed by atoms with E-state index in [0.29, 0.717) is 30.9 Å². The lowest BCUT2D eigenvalue weighted by Crippen LogP contribution is -2.29. The zero-order valence-electron chi connectivity index (χ0n) is 18.1. The van der Waals surface area contributed by atoms with Crippen molar-refractivity contribution < 1.29 is 22.0 Å². The SMILES string of the molecule is CN(CCCNC(=O)Cc1ccc(NS(=O)(=O)c2ccc(F)cc2)cc1)c1ccccc1F. The summed E-state index contributed by atoms with van der Waals surface area (Å²) in [5.41, 5.74) is 1.57. The fraction of sp³-hybridized carbons (Fsp3) is 0.208. The van der Waals surface area contributed by atoms with Crippen LogP contribution in [0, 0.1) is 11.6 Å². The van der Waals surface area contributed by atoms with E-state index in [1.807, 2.05) is 0 Å². The molecule has 0 atom stereocenters. The Hall–Kier alpha value is -3.46. The average Bonchev–Trinajstić information content (AvgIpc) is 2.78. The number of nitrogens with one attached hydrogen (secondary N) is 2. The Bertz CT molecular complexity index is 1180. The topological polar surface area (TPSA) is 78.5 Å². The Morgan fingerprint density at radius 2 is 1.61 bits per heavy atom. The number of sulfonamides is 1. The number of amides is 1. The summed E-state index contributed by atoms with van der Waals surface area (Å²) in [7, 11) is -2.04. The molecule has 0 saturated carbocycles. The number of anilines is 2. The van der Waals surface area contributed by atoms with Crippen LogP contribution in [0.15, 0.2) is 77.7 Å². The minimum Gasteiger partial charge on any atom is -0.372 e. The summed E-state index contributed by atoms with van der Waals surface area (Å²) in [6.45, 7) is 1.04. The number of hydrogen-bond acceptors (Lipinski definition) is 4. The van der Waals surface area contributed by atoms with Crippen LogP contribution in [0.25, 0.3) is 0 Å². The number of nitrogens with zero attached hydrogens (tertiary/aromatic N) is 1. The summed E-state index contributed by atoms with van der Waals surface area (Å²) >= 11 is 0. The van der Waals surface area contributed by atoms with Gasteiger partial charge in [0.05, 0.1) is 17.0 Å². The molecular formula is C24H25F2N3O3S. The van der Waals surface area contributed by atoms with Gasteiger partial charge in [0.25, 0.3) is 10.0 Å². The van der Waals surface area contributed by atoms with Gasteiger partial charge in [-0.1, -0.05) is 24.3 Å². The summed E-state index contributed by atoms with van der Waals surface area (Å²) in [6, 6.07) is 17.5. The van der Waals surface area contributed by atoms with Crippen molar-refractivity contribution in [1.29, 1.82) is 0 Å². The van der Waals surface area contributed by atoms with Crippen molar-refractivity contribution in [2.45, 2.75) is 17.7 Å². The van der Waals surface area contributed by atoms with Crippen molar-refractivity contribution in [2.24, 2.45) is 0 Å². The second kappa shape index (κ2) is 10.9. The van der Waals surface area contributed by atoms with Crippen molar-refractivity contribution in [3.05, 3.63) is 90.0 Å². The van der Waals surface area contributed by atoms with E-state index in [2.05, 4.69) is 10.0 Å². The monoisotopic (exact) mass is 473 g/mol. The third-order valence-electron chi connectivity index (χ3n) is 4.95. The fourth-order valence-corrected chi connectivity index (χ4v) is 4.25. The second-order valence-electron chi connectivity index (χ2n) is 7.51. The summed E-state index contributed by atoms with van der Waals surface area (Å²) in [5.74, 6) is -0.968. The van der Waals surface area contributed by atoms with Gasteiger partial charge >= 0.3 is 0 Å². The van der Waals surface area contributed by atoms with Crippen molar-refractivity contribution in [2.75, 3.05) is 29.8 Å². The number of halogens is 2. The highest BCUT2D eigenvalue weighted by atomic mass is 32.2. The first-order chi connectivity index (χ1) is 15.7. The maximum absolute atomic E-state index is 13.8. The van der Waals surface area contributed by atoms with Crippen LogP contribution in [0.3, 0.4) is 0 Å². The van der Waals surface area contributed by atoms with Gasteiger partial charge in [0, 0.05) is 25.8 Å². The summed E-state index contributed by atoms with van der Waals surface area (Å²) in [5, 5.41) is 2.83. The third kappa shape index (κ3) is 7.01. The molecule has 1 amide bonds. The highest BCUT2D eigenvalue weighted by molar-refractivity contribution is 7.92.